The highest BCUT2D eigenvalue weighted by molar-refractivity contribution is 5.91. The molecule has 35 heavy (non-hydrogen) atoms. The van der Waals surface area contributed by atoms with Crippen LogP contribution in [0.5, 0.6) is 0 Å². The number of nitrogens with zero attached hydrogens (tertiary/aromatic N) is 2. The lowest BCUT2D eigenvalue weighted by Crippen LogP contribution is -2.50. The molecule has 1 aromatic rings. The number of ether oxygens (including phenoxy) is 2. The third kappa shape index (κ3) is 4.59. The summed E-state index contributed by atoms with van der Waals surface area (Å²) in [5, 5.41) is 3.01. The van der Waals surface area contributed by atoms with Gasteiger partial charge in [0.05, 0.1) is 5.41 Å². The molecule has 2 aliphatic heterocycles. The van der Waals surface area contributed by atoms with Crippen molar-refractivity contribution in [2.24, 2.45) is 10.8 Å². The molecule has 0 radical (unpaired) electrons. The molecule has 5 rings (SSSR count). The number of piperidine rings is 2. The summed E-state index contributed by atoms with van der Waals surface area (Å²) in [7, 11) is 0. The fraction of sp³-hybridized carbons (Fsp3) is 0.667. The molecule has 2 saturated carbocycles. The van der Waals surface area contributed by atoms with Crippen LogP contribution in [0.25, 0.3) is 0 Å². The quantitative estimate of drug-likeness (QED) is 0.686. The second-order valence-electron chi connectivity index (χ2n) is 11.8. The molecule has 3 atom stereocenters. The van der Waals surface area contributed by atoms with E-state index in [1.165, 1.54) is 0 Å². The van der Waals surface area contributed by atoms with Gasteiger partial charge in [0.25, 0.3) is 0 Å². The molecule has 0 aromatic heterocycles. The van der Waals surface area contributed by atoms with Gasteiger partial charge in [-0.1, -0.05) is 30.3 Å². The van der Waals surface area contributed by atoms with Gasteiger partial charge in [0.1, 0.15) is 12.2 Å². The lowest BCUT2D eigenvalue weighted by Gasteiger charge is -2.38. The van der Waals surface area contributed by atoms with Crippen LogP contribution in [0.4, 0.5) is 9.59 Å². The summed E-state index contributed by atoms with van der Waals surface area (Å²) in [6, 6.07) is 9.75. The van der Waals surface area contributed by atoms with Crippen molar-refractivity contribution in [3.05, 3.63) is 35.9 Å². The van der Waals surface area contributed by atoms with Crippen molar-refractivity contribution < 1.29 is 25.3 Å². The highest BCUT2D eigenvalue weighted by atomic mass is 16.6. The van der Waals surface area contributed by atoms with Crippen LogP contribution < -0.4 is 5.32 Å². The number of amides is 3. The van der Waals surface area contributed by atoms with Crippen LogP contribution in [-0.4, -0.2) is 65.2 Å². The van der Waals surface area contributed by atoms with Crippen molar-refractivity contribution >= 4 is 18.1 Å². The van der Waals surface area contributed by atoms with Gasteiger partial charge in [0.15, 0.2) is 0 Å². The van der Waals surface area contributed by atoms with Crippen LogP contribution in [-0.2, 0) is 20.9 Å². The highest BCUT2D eigenvalue weighted by Gasteiger charge is 2.78. The molecule has 1 N–H and O–H groups in total. The van der Waals surface area contributed by atoms with E-state index in [0.717, 1.165) is 44.2 Å². The first-order valence-electron chi connectivity index (χ1n) is 12.9. The molecule has 1 aromatic carbocycles. The van der Waals surface area contributed by atoms with E-state index in [0.29, 0.717) is 19.5 Å². The first-order chi connectivity index (χ1) is 16.6. The van der Waals surface area contributed by atoms with Gasteiger partial charge < -0.3 is 24.6 Å². The Bertz CT molecular complexity index is 991. The van der Waals surface area contributed by atoms with Gasteiger partial charge in [-0.05, 0) is 64.9 Å². The summed E-state index contributed by atoms with van der Waals surface area (Å²) in [5.41, 5.74) is 0.182. The van der Waals surface area contributed by atoms with Gasteiger partial charge >= 0.3 is 12.2 Å². The number of hydrogen-bond donors (Lipinski definition) is 1. The minimum absolute atomic E-state index is 0. The van der Waals surface area contributed by atoms with Crippen molar-refractivity contribution in [3.63, 3.8) is 0 Å². The zero-order valence-electron chi connectivity index (χ0n) is 21.0. The number of likely N-dealkylation sites (tertiary alicyclic amines) is 2. The zero-order chi connectivity index (χ0) is 24.8. The van der Waals surface area contributed by atoms with Crippen LogP contribution in [0, 0.1) is 10.8 Å². The Morgan fingerprint density at radius 1 is 1.14 bits per heavy atom. The van der Waals surface area contributed by atoms with Gasteiger partial charge in [-0.15, -0.1) is 0 Å². The van der Waals surface area contributed by atoms with Crippen LogP contribution >= 0.6 is 0 Å². The van der Waals surface area contributed by atoms with Crippen molar-refractivity contribution in [1.29, 1.82) is 0 Å². The molecule has 8 nitrogen and oxygen atoms in total. The Labute approximate surface area is 208 Å². The van der Waals surface area contributed by atoms with E-state index in [-0.39, 0.29) is 42.9 Å². The Hall–Kier alpha value is -2.77. The number of alkyl carbamates (subject to hydrolysis) is 1. The van der Waals surface area contributed by atoms with Crippen molar-refractivity contribution in [1.82, 2.24) is 15.1 Å². The average molecular weight is 486 g/mol. The van der Waals surface area contributed by atoms with Gasteiger partial charge in [-0.25, -0.2) is 9.59 Å². The third-order valence-corrected chi connectivity index (χ3v) is 8.33. The predicted molar refractivity (Wildman–Crippen MR) is 132 cm³/mol. The average Bonchev–Trinajstić information content (AvgIpc) is 3.43. The maximum Gasteiger partial charge on any atom is 0.410 e. The SMILES string of the molecule is CC(C)(C)OC(=O)N1CCC(N2CC34CCC(NC(=O)OCc5ccccc5)C[C@]3(C4)C2=O)CC1.[HH]. The molecule has 4 aliphatic rings. The Balaban J connectivity index is 0.00000304. The molecule has 2 unspecified atom stereocenters. The monoisotopic (exact) mass is 485 g/mol. The molecular weight excluding hydrogens is 446 g/mol. The number of rotatable bonds is 4. The maximum atomic E-state index is 13.6. The molecule has 0 bridgehead atoms. The first kappa shape index (κ1) is 23.9. The largest absolute Gasteiger partial charge is 0.445 e. The summed E-state index contributed by atoms with van der Waals surface area (Å²) in [5.74, 6) is 0.248. The molecule has 4 fully saturated rings. The minimum Gasteiger partial charge on any atom is -0.445 e. The lowest BCUT2D eigenvalue weighted by molar-refractivity contribution is -0.137. The summed E-state index contributed by atoms with van der Waals surface area (Å²) < 4.78 is 10.9. The molecule has 192 valence electrons. The fourth-order valence-corrected chi connectivity index (χ4v) is 6.51. The number of carbonyl (C=O) groups excluding carboxylic acids is 3. The minimum atomic E-state index is -0.507. The van der Waals surface area contributed by atoms with Crippen LogP contribution in [0.3, 0.4) is 0 Å². The first-order valence-corrected chi connectivity index (χ1v) is 12.9. The van der Waals surface area contributed by atoms with Crippen LogP contribution in [0.1, 0.15) is 66.3 Å². The molecule has 0 spiro atoms. The van der Waals surface area contributed by atoms with Gasteiger partial charge in [0.2, 0.25) is 5.91 Å². The molecule has 2 saturated heterocycles. The normalized spacial score (nSPS) is 30.4. The number of carbonyl (C=O) groups is 3. The van der Waals surface area contributed by atoms with E-state index in [1.54, 1.807) is 4.90 Å². The number of nitrogens with one attached hydrogen (secondary N) is 1. The second kappa shape index (κ2) is 8.71. The summed E-state index contributed by atoms with van der Waals surface area (Å²) in [6.07, 6.45) is 4.33. The number of hydrogen-bond acceptors (Lipinski definition) is 5. The standard InChI is InChI=1S/C27H37N3O5.H2/c1-25(2,3)35-24(33)29-13-10-21(11-14-29)30-18-26-12-9-20(15-27(26,17-26)22(30)31)28-23(32)34-16-19-7-5-4-6-8-19;/h4-8,20-21H,9-18H2,1-3H3,(H,28,32);1H/t20?,26?,27-;/m0./s1. The van der Waals surface area contributed by atoms with Gasteiger partial charge in [-0.2, -0.15) is 0 Å². The zero-order valence-corrected chi connectivity index (χ0v) is 21.0. The Kier molecular flexibility index (Phi) is 5.96. The topological polar surface area (TPSA) is 88.2 Å². The molecule has 3 amide bonds. The fourth-order valence-electron chi connectivity index (χ4n) is 6.51. The Morgan fingerprint density at radius 2 is 1.86 bits per heavy atom. The van der Waals surface area contributed by atoms with Crippen molar-refractivity contribution in [3.8, 4) is 0 Å². The molecule has 8 heteroatoms. The predicted octanol–water partition coefficient (Wildman–Crippen LogP) is 4.33. The van der Waals surface area contributed by atoms with E-state index in [2.05, 4.69) is 10.2 Å². The lowest BCUT2D eigenvalue weighted by atomic mass is 9.79. The molecule has 2 aliphatic carbocycles. The van der Waals surface area contributed by atoms with E-state index >= 15 is 0 Å². The van der Waals surface area contributed by atoms with E-state index in [1.807, 2.05) is 51.1 Å². The maximum absolute atomic E-state index is 13.6. The van der Waals surface area contributed by atoms with E-state index < -0.39 is 11.7 Å². The smallest absolute Gasteiger partial charge is 0.410 e. The Morgan fingerprint density at radius 3 is 2.54 bits per heavy atom. The van der Waals surface area contributed by atoms with Crippen molar-refractivity contribution in [2.75, 3.05) is 19.6 Å². The van der Waals surface area contributed by atoms with Crippen molar-refractivity contribution in [2.45, 2.75) is 83.6 Å². The summed E-state index contributed by atoms with van der Waals surface area (Å²) >= 11 is 0. The summed E-state index contributed by atoms with van der Waals surface area (Å²) in [4.78, 5) is 42.3. The third-order valence-electron chi connectivity index (χ3n) is 8.33. The van der Waals surface area contributed by atoms with E-state index in [4.69, 9.17) is 9.47 Å². The molecule has 2 heterocycles. The number of benzene rings is 1. The highest BCUT2D eigenvalue weighted by Crippen LogP contribution is 2.75. The summed E-state index contributed by atoms with van der Waals surface area (Å²) in [6.45, 7) is 7.90. The van der Waals surface area contributed by atoms with Crippen LogP contribution in [0.2, 0.25) is 0 Å². The molecular formula is C27H39N3O5. The van der Waals surface area contributed by atoms with E-state index in [9.17, 15) is 14.4 Å². The van der Waals surface area contributed by atoms with Crippen LogP contribution in [0.15, 0.2) is 30.3 Å². The van der Waals surface area contributed by atoms with Gasteiger partial charge in [-0.3, -0.25) is 4.79 Å². The van der Waals surface area contributed by atoms with Gasteiger partial charge in [0, 0.05) is 38.6 Å². The second-order valence-corrected chi connectivity index (χ2v) is 11.8.